The summed E-state index contributed by atoms with van der Waals surface area (Å²) in [4.78, 5) is 0. The zero-order valence-electron chi connectivity index (χ0n) is 9.29. The van der Waals surface area contributed by atoms with Crippen LogP contribution in [0.2, 0.25) is 5.02 Å². The molecular weight excluding hydrogens is 321 g/mol. The van der Waals surface area contributed by atoms with Crippen molar-refractivity contribution in [2.45, 2.75) is 6.61 Å². The zero-order chi connectivity index (χ0) is 13.1. The van der Waals surface area contributed by atoms with Gasteiger partial charge >= 0.3 is 0 Å². The summed E-state index contributed by atoms with van der Waals surface area (Å²) in [6.45, 7) is 0.191. The Kier molecular flexibility index (Phi) is 4.09. The Balaban J connectivity index is 2.13. The molecule has 0 amide bonds. The third kappa shape index (κ3) is 3.15. The highest BCUT2D eigenvalue weighted by Crippen LogP contribution is 2.25. The maximum absolute atomic E-state index is 13.4. The van der Waals surface area contributed by atoms with Crippen molar-refractivity contribution < 1.29 is 9.13 Å². The van der Waals surface area contributed by atoms with E-state index < -0.39 is 5.82 Å². The Labute approximate surface area is 118 Å². The Morgan fingerprint density at radius 1 is 1.22 bits per heavy atom. The lowest BCUT2D eigenvalue weighted by atomic mass is 10.2. The van der Waals surface area contributed by atoms with E-state index in [1.807, 2.05) is 0 Å². The molecule has 18 heavy (non-hydrogen) atoms. The molecule has 2 nitrogen and oxygen atoms in total. The summed E-state index contributed by atoms with van der Waals surface area (Å²) in [5.74, 6) is -0.232. The molecule has 0 saturated heterocycles. The summed E-state index contributed by atoms with van der Waals surface area (Å²) in [5, 5.41) is 0.560. The van der Waals surface area contributed by atoms with Crippen molar-refractivity contribution in [3.8, 4) is 5.75 Å². The third-order valence-electron chi connectivity index (χ3n) is 2.38. The second-order valence-corrected chi connectivity index (χ2v) is 5.06. The summed E-state index contributed by atoms with van der Waals surface area (Å²) >= 11 is 9.05. The van der Waals surface area contributed by atoms with Crippen molar-refractivity contribution >= 4 is 33.2 Å². The molecule has 0 saturated carbocycles. The highest BCUT2D eigenvalue weighted by Gasteiger charge is 2.06. The number of anilines is 1. The second-order valence-electron chi connectivity index (χ2n) is 3.71. The van der Waals surface area contributed by atoms with Crippen molar-refractivity contribution in [2.24, 2.45) is 0 Å². The summed E-state index contributed by atoms with van der Waals surface area (Å²) in [6, 6.07) is 9.63. The van der Waals surface area contributed by atoms with Gasteiger partial charge in [-0.05, 0) is 30.3 Å². The van der Waals surface area contributed by atoms with Crippen LogP contribution in [0.5, 0.6) is 5.75 Å². The lowest BCUT2D eigenvalue weighted by Crippen LogP contribution is -2.01. The number of rotatable bonds is 3. The van der Waals surface area contributed by atoms with Gasteiger partial charge in [0.05, 0.1) is 0 Å². The van der Waals surface area contributed by atoms with E-state index in [9.17, 15) is 4.39 Å². The van der Waals surface area contributed by atoms with Gasteiger partial charge in [0.1, 0.15) is 6.61 Å². The number of hydrogen-bond donors (Lipinski definition) is 1. The van der Waals surface area contributed by atoms with E-state index in [1.54, 1.807) is 30.3 Å². The van der Waals surface area contributed by atoms with E-state index in [2.05, 4.69) is 15.9 Å². The zero-order valence-corrected chi connectivity index (χ0v) is 11.6. The van der Waals surface area contributed by atoms with Gasteiger partial charge in [0.25, 0.3) is 0 Å². The Morgan fingerprint density at radius 3 is 2.72 bits per heavy atom. The maximum Gasteiger partial charge on any atom is 0.165 e. The highest BCUT2D eigenvalue weighted by molar-refractivity contribution is 9.10. The molecule has 0 bridgehead atoms. The summed E-state index contributed by atoms with van der Waals surface area (Å²) < 4.78 is 19.6. The van der Waals surface area contributed by atoms with Crippen LogP contribution in [0.1, 0.15) is 5.56 Å². The van der Waals surface area contributed by atoms with E-state index >= 15 is 0 Å². The molecule has 0 aliphatic rings. The molecule has 2 aromatic carbocycles. The van der Waals surface area contributed by atoms with E-state index in [4.69, 9.17) is 22.1 Å². The predicted octanol–water partition coefficient (Wildman–Crippen LogP) is 4.40. The van der Waals surface area contributed by atoms with Crippen molar-refractivity contribution in [1.82, 2.24) is 0 Å². The Morgan fingerprint density at radius 2 is 2.00 bits per heavy atom. The number of benzene rings is 2. The molecule has 2 aromatic rings. The Hall–Kier alpha value is -1.26. The molecular formula is C13H10BrClFNO. The van der Waals surface area contributed by atoms with E-state index in [0.29, 0.717) is 10.7 Å². The molecule has 0 spiro atoms. The largest absolute Gasteiger partial charge is 0.486 e. The minimum atomic E-state index is -0.411. The number of nitrogens with two attached hydrogens (primary N) is 1. The number of halogens is 3. The fourth-order valence-corrected chi connectivity index (χ4v) is 1.96. The van der Waals surface area contributed by atoms with Crippen LogP contribution in [-0.4, -0.2) is 0 Å². The van der Waals surface area contributed by atoms with Crippen LogP contribution in [0.15, 0.2) is 40.9 Å². The summed E-state index contributed by atoms with van der Waals surface area (Å²) in [7, 11) is 0. The van der Waals surface area contributed by atoms with Gasteiger partial charge in [-0.15, -0.1) is 0 Å². The van der Waals surface area contributed by atoms with Gasteiger partial charge < -0.3 is 10.5 Å². The van der Waals surface area contributed by atoms with Crippen LogP contribution in [0.25, 0.3) is 0 Å². The molecule has 0 unspecified atom stereocenters. The monoisotopic (exact) mass is 329 g/mol. The van der Waals surface area contributed by atoms with Gasteiger partial charge in [-0.2, -0.15) is 0 Å². The summed E-state index contributed by atoms with van der Waals surface area (Å²) in [6.07, 6.45) is 0. The fourth-order valence-electron chi connectivity index (χ4n) is 1.44. The van der Waals surface area contributed by atoms with Gasteiger partial charge in [0.2, 0.25) is 0 Å². The number of nitrogen functional groups attached to an aromatic ring is 1. The smallest absolute Gasteiger partial charge is 0.165 e. The van der Waals surface area contributed by atoms with Crippen molar-refractivity contribution in [3.63, 3.8) is 0 Å². The minimum Gasteiger partial charge on any atom is -0.486 e. The highest BCUT2D eigenvalue weighted by atomic mass is 79.9. The molecule has 0 atom stereocenters. The average molecular weight is 331 g/mol. The Bertz CT molecular complexity index is 577. The third-order valence-corrected chi connectivity index (χ3v) is 3.11. The van der Waals surface area contributed by atoms with Crippen molar-refractivity contribution in [2.75, 3.05) is 5.73 Å². The fraction of sp³-hybridized carbons (Fsp3) is 0.0769. The molecule has 5 heteroatoms. The molecule has 0 aromatic heterocycles. The molecule has 2 N–H and O–H groups in total. The first-order chi connectivity index (χ1) is 8.56. The molecule has 0 aliphatic heterocycles. The molecule has 0 fully saturated rings. The molecule has 0 radical (unpaired) electrons. The first-order valence-electron chi connectivity index (χ1n) is 5.18. The quantitative estimate of drug-likeness (QED) is 0.846. The van der Waals surface area contributed by atoms with Crippen LogP contribution in [-0.2, 0) is 6.61 Å². The number of ether oxygens (including phenoxy) is 1. The average Bonchev–Trinajstić information content (AvgIpc) is 2.32. The topological polar surface area (TPSA) is 35.2 Å². The van der Waals surface area contributed by atoms with E-state index in [-0.39, 0.29) is 12.4 Å². The van der Waals surface area contributed by atoms with E-state index in [1.165, 1.54) is 6.07 Å². The maximum atomic E-state index is 13.4. The second kappa shape index (κ2) is 5.59. The van der Waals surface area contributed by atoms with Crippen LogP contribution in [0.4, 0.5) is 10.1 Å². The van der Waals surface area contributed by atoms with Gasteiger partial charge in [-0.25, -0.2) is 4.39 Å². The minimum absolute atomic E-state index is 0.179. The van der Waals surface area contributed by atoms with Crippen molar-refractivity contribution in [1.29, 1.82) is 0 Å². The first kappa shape index (κ1) is 13.2. The predicted molar refractivity (Wildman–Crippen MR) is 74.3 cm³/mol. The van der Waals surface area contributed by atoms with Crippen molar-refractivity contribution in [3.05, 3.63) is 57.3 Å². The van der Waals surface area contributed by atoms with Gasteiger partial charge in [0.15, 0.2) is 11.6 Å². The molecule has 2 rings (SSSR count). The van der Waals surface area contributed by atoms with Gasteiger partial charge in [0, 0.05) is 20.7 Å². The summed E-state index contributed by atoms with van der Waals surface area (Å²) in [5.41, 5.74) is 7.07. The SMILES string of the molecule is Nc1cc(Cl)ccc1COc1cc(Br)ccc1F. The van der Waals surface area contributed by atoms with Crippen LogP contribution < -0.4 is 10.5 Å². The molecule has 94 valence electrons. The van der Waals surface area contributed by atoms with Crippen LogP contribution in [0.3, 0.4) is 0 Å². The number of hydrogen-bond acceptors (Lipinski definition) is 2. The first-order valence-corrected chi connectivity index (χ1v) is 6.35. The lowest BCUT2D eigenvalue weighted by Gasteiger charge is -2.09. The normalized spacial score (nSPS) is 10.4. The van der Waals surface area contributed by atoms with E-state index in [0.717, 1.165) is 10.0 Å². The lowest BCUT2D eigenvalue weighted by molar-refractivity contribution is 0.290. The van der Waals surface area contributed by atoms with Gasteiger partial charge in [-0.1, -0.05) is 33.6 Å². The van der Waals surface area contributed by atoms with Crippen LogP contribution in [0, 0.1) is 5.82 Å². The standard InChI is InChI=1S/C13H10BrClFNO/c14-9-2-4-11(16)13(5-9)18-7-8-1-3-10(15)6-12(8)17/h1-6H,7,17H2. The molecule has 0 aliphatic carbocycles. The van der Waals surface area contributed by atoms with Crippen LogP contribution >= 0.6 is 27.5 Å². The van der Waals surface area contributed by atoms with Gasteiger partial charge in [-0.3, -0.25) is 0 Å². The molecule has 0 heterocycles.